The number of amides is 1. The Kier molecular flexibility index (Phi) is 3.47. The van der Waals surface area contributed by atoms with E-state index in [0.717, 1.165) is 13.0 Å². The van der Waals surface area contributed by atoms with Crippen molar-refractivity contribution in [2.45, 2.75) is 31.5 Å². The summed E-state index contributed by atoms with van der Waals surface area (Å²) in [5, 5.41) is 19.0. The second-order valence-corrected chi connectivity index (χ2v) is 4.08. The first-order valence-corrected chi connectivity index (χ1v) is 4.87. The van der Waals surface area contributed by atoms with Crippen LogP contribution in [0.15, 0.2) is 0 Å². The molecule has 0 aliphatic carbocycles. The third-order valence-corrected chi connectivity index (χ3v) is 2.53. The van der Waals surface area contributed by atoms with E-state index in [1.807, 2.05) is 4.90 Å². The molecule has 5 heteroatoms. The van der Waals surface area contributed by atoms with Crippen LogP contribution in [-0.2, 0) is 4.79 Å². The Labute approximate surface area is 83.5 Å². The first kappa shape index (κ1) is 11.4. The normalized spacial score (nSPS) is 31.4. The lowest BCUT2D eigenvalue weighted by Gasteiger charge is -2.37. The third-order valence-electron chi connectivity index (χ3n) is 2.53. The van der Waals surface area contributed by atoms with Gasteiger partial charge in [-0.3, -0.25) is 9.69 Å². The number of aliphatic hydroxyl groups excluding tert-OH is 1. The molecule has 4 N–H and O–H groups in total. The van der Waals surface area contributed by atoms with Crippen molar-refractivity contribution < 1.29 is 15.0 Å². The van der Waals surface area contributed by atoms with Gasteiger partial charge in [-0.2, -0.15) is 0 Å². The number of nitrogens with zero attached hydrogens (tertiary/aromatic N) is 1. The molecule has 0 saturated carbocycles. The van der Waals surface area contributed by atoms with Crippen LogP contribution in [0.25, 0.3) is 0 Å². The molecular weight excluding hydrogens is 184 g/mol. The van der Waals surface area contributed by atoms with Crippen molar-refractivity contribution in [3.05, 3.63) is 0 Å². The average molecular weight is 202 g/mol. The summed E-state index contributed by atoms with van der Waals surface area (Å²) in [6, 6.07) is 0. The van der Waals surface area contributed by atoms with Gasteiger partial charge in [-0.15, -0.1) is 0 Å². The minimum atomic E-state index is -1.41. The molecule has 0 bridgehead atoms. The van der Waals surface area contributed by atoms with Crippen molar-refractivity contribution in [2.75, 3.05) is 19.6 Å². The van der Waals surface area contributed by atoms with Crippen LogP contribution in [0.5, 0.6) is 0 Å². The van der Waals surface area contributed by atoms with E-state index in [2.05, 4.69) is 0 Å². The van der Waals surface area contributed by atoms with Crippen molar-refractivity contribution in [1.82, 2.24) is 4.90 Å². The Morgan fingerprint density at radius 2 is 2.36 bits per heavy atom. The van der Waals surface area contributed by atoms with Crippen molar-refractivity contribution in [3.63, 3.8) is 0 Å². The second-order valence-electron chi connectivity index (χ2n) is 4.08. The molecule has 14 heavy (non-hydrogen) atoms. The highest BCUT2D eigenvalue weighted by molar-refractivity contribution is 5.83. The molecule has 82 valence electrons. The summed E-state index contributed by atoms with van der Waals surface area (Å²) < 4.78 is 0. The monoisotopic (exact) mass is 202 g/mol. The summed E-state index contributed by atoms with van der Waals surface area (Å²) >= 11 is 0. The van der Waals surface area contributed by atoms with Crippen LogP contribution in [0.1, 0.15) is 19.8 Å². The predicted molar refractivity (Wildman–Crippen MR) is 51.5 cm³/mol. The molecule has 1 heterocycles. The number of β-amino-alcohol motifs (C(OH)–C–C–N with tert-alkyl or cyclic N) is 2. The summed E-state index contributed by atoms with van der Waals surface area (Å²) in [5.41, 5.74) is 3.71. The summed E-state index contributed by atoms with van der Waals surface area (Å²) in [7, 11) is 0. The number of primary amides is 1. The van der Waals surface area contributed by atoms with E-state index in [1.54, 1.807) is 6.92 Å². The molecule has 2 unspecified atom stereocenters. The minimum Gasteiger partial charge on any atom is -0.392 e. The first-order valence-electron chi connectivity index (χ1n) is 4.87. The zero-order chi connectivity index (χ0) is 10.8. The zero-order valence-electron chi connectivity index (χ0n) is 8.44. The van der Waals surface area contributed by atoms with Crippen molar-refractivity contribution in [1.29, 1.82) is 0 Å². The molecule has 0 aromatic heterocycles. The molecule has 5 nitrogen and oxygen atoms in total. The summed E-state index contributed by atoms with van der Waals surface area (Å²) in [6.45, 7) is 3.17. The summed E-state index contributed by atoms with van der Waals surface area (Å²) in [6.07, 6.45) is 0.690. The Hall–Kier alpha value is -0.650. The molecule has 2 atom stereocenters. The maximum absolute atomic E-state index is 11.0. The number of carbonyl (C=O) groups is 1. The summed E-state index contributed by atoms with van der Waals surface area (Å²) in [4.78, 5) is 12.9. The van der Waals surface area contributed by atoms with Crippen LogP contribution in [0.4, 0.5) is 0 Å². The van der Waals surface area contributed by atoms with Crippen LogP contribution >= 0.6 is 0 Å². The first-order chi connectivity index (χ1) is 6.44. The SMILES string of the molecule is CC(O)CN1CCCC(O)(C(N)=O)C1. The molecule has 0 aromatic carbocycles. The standard InChI is InChI=1S/C9H18N2O3/c1-7(12)5-11-4-2-3-9(14,6-11)8(10)13/h7,12,14H,2-6H2,1H3,(H2,10,13). The molecular formula is C9H18N2O3. The van der Waals surface area contributed by atoms with Gasteiger partial charge < -0.3 is 15.9 Å². The lowest BCUT2D eigenvalue weighted by atomic mass is 9.92. The van der Waals surface area contributed by atoms with Gasteiger partial charge in [0, 0.05) is 13.1 Å². The van der Waals surface area contributed by atoms with Gasteiger partial charge in [0.1, 0.15) is 0 Å². The van der Waals surface area contributed by atoms with Gasteiger partial charge >= 0.3 is 0 Å². The molecule has 0 spiro atoms. The number of nitrogens with two attached hydrogens (primary N) is 1. The van der Waals surface area contributed by atoms with E-state index in [1.165, 1.54) is 0 Å². The van der Waals surface area contributed by atoms with Gasteiger partial charge in [-0.1, -0.05) is 0 Å². The molecule has 0 radical (unpaired) electrons. The van der Waals surface area contributed by atoms with Gasteiger partial charge in [-0.25, -0.2) is 0 Å². The Balaban J connectivity index is 2.55. The minimum absolute atomic E-state index is 0.229. The van der Waals surface area contributed by atoms with Gasteiger partial charge in [-0.05, 0) is 26.3 Å². The highest BCUT2D eigenvalue weighted by Gasteiger charge is 2.38. The van der Waals surface area contributed by atoms with Crippen LogP contribution in [-0.4, -0.2) is 52.4 Å². The fourth-order valence-electron chi connectivity index (χ4n) is 1.85. The Morgan fingerprint density at radius 1 is 1.71 bits per heavy atom. The van der Waals surface area contributed by atoms with Crippen LogP contribution < -0.4 is 5.73 Å². The Bertz CT molecular complexity index is 220. The molecule has 1 amide bonds. The van der Waals surface area contributed by atoms with Gasteiger partial charge in [0.2, 0.25) is 0 Å². The highest BCUT2D eigenvalue weighted by atomic mass is 16.3. The third kappa shape index (κ3) is 2.67. The van der Waals surface area contributed by atoms with E-state index in [-0.39, 0.29) is 6.54 Å². The van der Waals surface area contributed by atoms with E-state index in [4.69, 9.17) is 5.73 Å². The molecule has 1 saturated heterocycles. The number of rotatable bonds is 3. The zero-order valence-corrected chi connectivity index (χ0v) is 8.44. The predicted octanol–water partition coefficient (Wildman–Crippen LogP) is -1.32. The summed E-state index contributed by atoms with van der Waals surface area (Å²) in [5.74, 6) is -0.673. The van der Waals surface area contributed by atoms with E-state index >= 15 is 0 Å². The Morgan fingerprint density at radius 3 is 2.86 bits per heavy atom. The molecule has 0 aromatic rings. The van der Waals surface area contributed by atoms with Crippen molar-refractivity contribution in [2.24, 2.45) is 5.73 Å². The number of hydrogen-bond acceptors (Lipinski definition) is 4. The number of aliphatic hydroxyl groups is 2. The average Bonchev–Trinajstić information content (AvgIpc) is 2.02. The van der Waals surface area contributed by atoms with Crippen molar-refractivity contribution in [3.8, 4) is 0 Å². The second kappa shape index (κ2) is 4.25. The number of piperidine rings is 1. The van der Waals surface area contributed by atoms with E-state index < -0.39 is 17.6 Å². The number of likely N-dealkylation sites (tertiary alicyclic amines) is 1. The van der Waals surface area contributed by atoms with E-state index in [9.17, 15) is 15.0 Å². The molecule has 1 aliphatic rings. The lowest BCUT2D eigenvalue weighted by Crippen LogP contribution is -2.56. The van der Waals surface area contributed by atoms with Gasteiger partial charge in [0.15, 0.2) is 5.60 Å². The van der Waals surface area contributed by atoms with Crippen LogP contribution in [0, 0.1) is 0 Å². The van der Waals surface area contributed by atoms with Gasteiger partial charge in [0.05, 0.1) is 6.10 Å². The fourth-order valence-corrected chi connectivity index (χ4v) is 1.85. The van der Waals surface area contributed by atoms with Crippen molar-refractivity contribution >= 4 is 5.91 Å². The topological polar surface area (TPSA) is 86.8 Å². The quantitative estimate of drug-likeness (QED) is 0.530. The largest absolute Gasteiger partial charge is 0.392 e. The highest BCUT2D eigenvalue weighted by Crippen LogP contribution is 2.20. The maximum Gasteiger partial charge on any atom is 0.250 e. The smallest absolute Gasteiger partial charge is 0.250 e. The number of carbonyl (C=O) groups excluding carboxylic acids is 1. The molecule has 1 fully saturated rings. The van der Waals surface area contributed by atoms with Gasteiger partial charge in [0.25, 0.3) is 5.91 Å². The lowest BCUT2D eigenvalue weighted by molar-refractivity contribution is -0.142. The number of hydrogen-bond donors (Lipinski definition) is 3. The molecule has 1 rings (SSSR count). The van der Waals surface area contributed by atoms with Crippen LogP contribution in [0.2, 0.25) is 0 Å². The molecule has 1 aliphatic heterocycles. The van der Waals surface area contributed by atoms with E-state index in [0.29, 0.717) is 13.0 Å². The maximum atomic E-state index is 11.0. The van der Waals surface area contributed by atoms with Crippen LogP contribution in [0.3, 0.4) is 0 Å². The fraction of sp³-hybridized carbons (Fsp3) is 0.889.